The molecule has 30 heavy (non-hydrogen) atoms. The van der Waals surface area contributed by atoms with Crippen molar-refractivity contribution in [3.63, 3.8) is 0 Å². The van der Waals surface area contributed by atoms with Crippen molar-refractivity contribution in [3.05, 3.63) is 12.2 Å². The SMILES string of the molecule is CCCCCCCC/C=C\CCCCCCCC(=O)OCCCNCCCOC=O. The van der Waals surface area contributed by atoms with Crippen molar-refractivity contribution in [2.45, 2.75) is 110 Å². The standard InChI is InChI=1S/C25H47NO4/c1-2-3-4-5-6-7-8-9-10-11-12-13-14-15-16-19-25(28)30-23-18-21-26-20-17-22-29-24-27/h9-10,24,26H,2-8,11-23H2,1H3/b10-9-. The molecule has 0 fully saturated rings. The molecule has 0 aliphatic rings. The topological polar surface area (TPSA) is 64.6 Å². The number of carbonyl (C=O) groups excluding carboxylic acids is 2. The first-order valence-corrected chi connectivity index (χ1v) is 12.4. The summed E-state index contributed by atoms with van der Waals surface area (Å²) in [6, 6.07) is 0. The van der Waals surface area contributed by atoms with E-state index in [0.717, 1.165) is 38.8 Å². The number of carbonyl (C=O) groups is 2. The Hall–Kier alpha value is -1.36. The van der Waals surface area contributed by atoms with Crippen LogP contribution in [0.4, 0.5) is 0 Å². The van der Waals surface area contributed by atoms with Crippen LogP contribution in [0.3, 0.4) is 0 Å². The highest BCUT2D eigenvalue weighted by atomic mass is 16.5. The van der Waals surface area contributed by atoms with Gasteiger partial charge in [-0.25, -0.2) is 0 Å². The van der Waals surface area contributed by atoms with Gasteiger partial charge in [0.15, 0.2) is 0 Å². The molecule has 0 aromatic heterocycles. The van der Waals surface area contributed by atoms with E-state index >= 15 is 0 Å². The summed E-state index contributed by atoms with van der Waals surface area (Å²) in [7, 11) is 0. The smallest absolute Gasteiger partial charge is 0.305 e. The van der Waals surface area contributed by atoms with Gasteiger partial charge in [-0.3, -0.25) is 9.59 Å². The summed E-state index contributed by atoms with van der Waals surface area (Å²) in [5.41, 5.74) is 0. The van der Waals surface area contributed by atoms with Gasteiger partial charge >= 0.3 is 5.97 Å². The predicted octanol–water partition coefficient (Wildman–Crippen LogP) is 6.11. The molecule has 0 heterocycles. The van der Waals surface area contributed by atoms with E-state index in [0.29, 0.717) is 26.1 Å². The van der Waals surface area contributed by atoms with Crippen molar-refractivity contribution >= 4 is 12.4 Å². The Bertz CT molecular complexity index is 399. The molecule has 5 heteroatoms. The van der Waals surface area contributed by atoms with Gasteiger partial charge in [0, 0.05) is 6.42 Å². The van der Waals surface area contributed by atoms with Crippen LogP contribution in [0, 0.1) is 0 Å². The van der Waals surface area contributed by atoms with E-state index in [4.69, 9.17) is 4.74 Å². The van der Waals surface area contributed by atoms with E-state index in [1.54, 1.807) is 0 Å². The highest BCUT2D eigenvalue weighted by Gasteiger charge is 2.02. The first-order chi connectivity index (χ1) is 14.8. The molecule has 0 unspecified atom stereocenters. The third-order valence-corrected chi connectivity index (χ3v) is 5.09. The molecule has 0 saturated heterocycles. The summed E-state index contributed by atoms with van der Waals surface area (Å²) in [5, 5.41) is 3.23. The summed E-state index contributed by atoms with van der Waals surface area (Å²) >= 11 is 0. The number of ether oxygens (including phenoxy) is 2. The lowest BCUT2D eigenvalue weighted by Crippen LogP contribution is -2.20. The zero-order chi connectivity index (χ0) is 22.0. The summed E-state index contributed by atoms with van der Waals surface area (Å²) < 4.78 is 9.85. The molecule has 0 radical (unpaired) electrons. The normalized spacial score (nSPS) is 11.1. The van der Waals surface area contributed by atoms with Gasteiger partial charge in [-0.15, -0.1) is 0 Å². The molecule has 0 aliphatic carbocycles. The van der Waals surface area contributed by atoms with Crippen molar-refractivity contribution in [1.29, 1.82) is 0 Å². The molecule has 0 aromatic rings. The summed E-state index contributed by atoms with van der Waals surface area (Å²) in [6.45, 7) is 5.26. The van der Waals surface area contributed by atoms with E-state index in [2.05, 4.69) is 29.1 Å². The molecular weight excluding hydrogens is 378 g/mol. The van der Waals surface area contributed by atoms with Crippen LogP contribution in [-0.2, 0) is 19.1 Å². The van der Waals surface area contributed by atoms with Gasteiger partial charge in [-0.05, 0) is 58.0 Å². The lowest BCUT2D eigenvalue weighted by molar-refractivity contribution is -0.143. The molecule has 1 N–H and O–H groups in total. The fourth-order valence-corrected chi connectivity index (χ4v) is 3.25. The number of hydrogen-bond acceptors (Lipinski definition) is 5. The van der Waals surface area contributed by atoms with Gasteiger partial charge in [0.2, 0.25) is 0 Å². The van der Waals surface area contributed by atoms with E-state index in [1.807, 2.05) is 0 Å². The van der Waals surface area contributed by atoms with E-state index in [1.165, 1.54) is 70.6 Å². The second-order valence-corrected chi connectivity index (χ2v) is 7.98. The molecule has 0 aliphatic heterocycles. The third-order valence-electron chi connectivity index (χ3n) is 5.09. The van der Waals surface area contributed by atoms with Crippen molar-refractivity contribution in [1.82, 2.24) is 5.32 Å². The number of hydrogen-bond donors (Lipinski definition) is 1. The maximum absolute atomic E-state index is 11.7. The lowest BCUT2D eigenvalue weighted by Gasteiger charge is -2.06. The van der Waals surface area contributed by atoms with Gasteiger partial charge in [-0.1, -0.05) is 70.4 Å². The van der Waals surface area contributed by atoms with Crippen LogP contribution < -0.4 is 5.32 Å². The summed E-state index contributed by atoms with van der Waals surface area (Å²) in [5.74, 6) is -0.0768. The number of nitrogens with one attached hydrogen (secondary N) is 1. The van der Waals surface area contributed by atoms with Crippen LogP contribution in [0.25, 0.3) is 0 Å². The highest BCUT2D eigenvalue weighted by Crippen LogP contribution is 2.10. The Balaban J connectivity index is 3.20. The van der Waals surface area contributed by atoms with E-state index in [9.17, 15) is 9.59 Å². The minimum atomic E-state index is -0.0768. The van der Waals surface area contributed by atoms with Gasteiger partial charge < -0.3 is 14.8 Å². The molecule has 5 nitrogen and oxygen atoms in total. The summed E-state index contributed by atoms with van der Waals surface area (Å²) in [6.07, 6.45) is 23.3. The number of rotatable bonds is 24. The predicted molar refractivity (Wildman–Crippen MR) is 125 cm³/mol. The third kappa shape index (κ3) is 24.7. The molecule has 0 bridgehead atoms. The van der Waals surface area contributed by atoms with Crippen LogP contribution in [0.2, 0.25) is 0 Å². The van der Waals surface area contributed by atoms with Crippen LogP contribution in [0.15, 0.2) is 12.2 Å². The number of esters is 1. The maximum Gasteiger partial charge on any atom is 0.305 e. The average Bonchev–Trinajstić information content (AvgIpc) is 2.75. The Morgan fingerprint density at radius 1 is 0.733 bits per heavy atom. The molecule has 176 valence electrons. The van der Waals surface area contributed by atoms with Gasteiger partial charge in [0.05, 0.1) is 13.2 Å². The summed E-state index contributed by atoms with van der Waals surface area (Å²) in [4.78, 5) is 21.7. The first-order valence-electron chi connectivity index (χ1n) is 12.4. The van der Waals surface area contributed by atoms with Crippen molar-refractivity contribution in [2.24, 2.45) is 0 Å². The lowest BCUT2D eigenvalue weighted by atomic mass is 10.1. The van der Waals surface area contributed by atoms with Crippen molar-refractivity contribution in [2.75, 3.05) is 26.3 Å². The van der Waals surface area contributed by atoms with Crippen LogP contribution >= 0.6 is 0 Å². The van der Waals surface area contributed by atoms with Gasteiger partial charge in [-0.2, -0.15) is 0 Å². The molecule has 0 aromatic carbocycles. The number of allylic oxidation sites excluding steroid dienone is 2. The molecule has 0 saturated carbocycles. The average molecular weight is 426 g/mol. The van der Waals surface area contributed by atoms with Gasteiger partial charge in [0.25, 0.3) is 6.47 Å². The highest BCUT2D eigenvalue weighted by molar-refractivity contribution is 5.69. The van der Waals surface area contributed by atoms with Gasteiger partial charge in [0.1, 0.15) is 0 Å². The Kier molecular flexibility index (Phi) is 24.5. The zero-order valence-electron chi connectivity index (χ0n) is 19.5. The largest absolute Gasteiger partial charge is 0.468 e. The second-order valence-electron chi connectivity index (χ2n) is 7.98. The van der Waals surface area contributed by atoms with E-state index in [-0.39, 0.29) is 5.97 Å². The van der Waals surface area contributed by atoms with Crippen molar-refractivity contribution in [3.8, 4) is 0 Å². The first kappa shape index (κ1) is 28.6. The molecule has 0 spiro atoms. The Labute approximate surface area is 185 Å². The monoisotopic (exact) mass is 425 g/mol. The van der Waals surface area contributed by atoms with Crippen LogP contribution in [-0.4, -0.2) is 38.7 Å². The fraction of sp³-hybridized carbons (Fsp3) is 0.840. The molecule has 0 amide bonds. The Morgan fingerprint density at radius 3 is 1.93 bits per heavy atom. The minimum Gasteiger partial charge on any atom is -0.468 e. The van der Waals surface area contributed by atoms with Crippen LogP contribution in [0.5, 0.6) is 0 Å². The Morgan fingerprint density at radius 2 is 1.30 bits per heavy atom. The maximum atomic E-state index is 11.7. The quantitative estimate of drug-likeness (QED) is 0.0874. The minimum absolute atomic E-state index is 0.0768. The van der Waals surface area contributed by atoms with E-state index < -0.39 is 0 Å². The second kappa shape index (κ2) is 25.7. The molecule has 0 atom stereocenters. The van der Waals surface area contributed by atoms with Crippen LogP contribution in [0.1, 0.15) is 110 Å². The molecule has 0 rings (SSSR count). The molecular formula is C25H47NO4. The van der Waals surface area contributed by atoms with Crippen molar-refractivity contribution < 1.29 is 19.1 Å². The zero-order valence-corrected chi connectivity index (χ0v) is 19.5. The number of unbranched alkanes of at least 4 members (excludes halogenated alkanes) is 11. The fourth-order valence-electron chi connectivity index (χ4n) is 3.25.